The van der Waals surface area contributed by atoms with Crippen LogP contribution in [0.2, 0.25) is 0 Å². The topological polar surface area (TPSA) is 94.6 Å². The summed E-state index contributed by atoms with van der Waals surface area (Å²) in [7, 11) is 4.64. The summed E-state index contributed by atoms with van der Waals surface area (Å²) in [6.07, 6.45) is 4.14. The minimum Gasteiger partial charge on any atom is -0.493 e. The van der Waals surface area contributed by atoms with Gasteiger partial charge < -0.3 is 24.8 Å². The van der Waals surface area contributed by atoms with Gasteiger partial charge in [0.1, 0.15) is 23.7 Å². The molecule has 1 aliphatic rings. The predicted octanol–water partition coefficient (Wildman–Crippen LogP) is 1.74. The predicted molar refractivity (Wildman–Crippen MR) is 93.5 cm³/mol. The summed E-state index contributed by atoms with van der Waals surface area (Å²) >= 11 is 0. The van der Waals surface area contributed by atoms with Gasteiger partial charge in [0, 0.05) is 6.54 Å². The van der Waals surface area contributed by atoms with Crippen molar-refractivity contribution in [3.8, 4) is 17.2 Å². The van der Waals surface area contributed by atoms with Gasteiger partial charge in [-0.2, -0.15) is 0 Å². The Bertz CT molecular complexity index is 781. The molecule has 1 fully saturated rings. The standard InChI is InChI=1S/C17H22N4O4/c1-23-12-8-10-13(15(25-3)14(12)24-2)19-9-20-16(10)21-11-6-4-5-7-18-17(11)22/h8-9,11H,4-7H2,1-3H3,(H,18,22)(H,19,20,21). The van der Waals surface area contributed by atoms with E-state index in [1.165, 1.54) is 6.33 Å². The summed E-state index contributed by atoms with van der Waals surface area (Å²) in [4.78, 5) is 20.8. The molecule has 1 aliphatic heterocycles. The van der Waals surface area contributed by atoms with Crippen LogP contribution >= 0.6 is 0 Å². The Morgan fingerprint density at radius 1 is 1.12 bits per heavy atom. The van der Waals surface area contributed by atoms with E-state index in [2.05, 4.69) is 20.6 Å². The van der Waals surface area contributed by atoms with Crippen molar-refractivity contribution < 1.29 is 19.0 Å². The fraction of sp³-hybridized carbons (Fsp3) is 0.471. The van der Waals surface area contributed by atoms with Crippen molar-refractivity contribution in [2.24, 2.45) is 0 Å². The summed E-state index contributed by atoms with van der Waals surface area (Å²) in [5, 5.41) is 6.85. The summed E-state index contributed by atoms with van der Waals surface area (Å²) in [6.45, 7) is 0.709. The molecular formula is C17H22N4O4. The number of nitrogens with zero attached hydrogens (tertiary/aromatic N) is 2. The molecule has 0 saturated carbocycles. The van der Waals surface area contributed by atoms with E-state index in [1.807, 2.05) is 0 Å². The Kier molecular flexibility index (Phi) is 5.06. The van der Waals surface area contributed by atoms with Crippen molar-refractivity contribution in [1.82, 2.24) is 15.3 Å². The van der Waals surface area contributed by atoms with Crippen molar-refractivity contribution in [3.05, 3.63) is 12.4 Å². The molecule has 0 aliphatic carbocycles. The quantitative estimate of drug-likeness (QED) is 0.851. The van der Waals surface area contributed by atoms with Gasteiger partial charge >= 0.3 is 0 Å². The van der Waals surface area contributed by atoms with Crippen molar-refractivity contribution in [2.75, 3.05) is 33.2 Å². The van der Waals surface area contributed by atoms with Crippen LogP contribution in [0.3, 0.4) is 0 Å². The van der Waals surface area contributed by atoms with Crippen LogP contribution in [-0.4, -0.2) is 49.8 Å². The molecule has 8 heteroatoms. The number of rotatable bonds is 5. The average molecular weight is 346 g/mol. The number of aromatic nitrogens is 2. The molecule has 0 spiro atoms. The molecule has 1 unspecified atom stereocenters. The van der Waals surface area contributed by atoms with Crippen LogP contribution in [0.4, 0.5) is 5.82 Å². The fourth-order valence-corrected chi connectivity index (χ4v) is 3.02. The first-order valence-corrected chi connectivity index (χ1v) is 8.17. The van der Waals surface area contributed by atoms with E-state index in [-0.39, 0.29) is 11.9 Å². The Labute approximate surface area is 145 Å². The number of anilines is 1. The van der Waals surface area contributed by atoms with E-state index in [0.29, 0.717) is 40.5 Å². The zero-order chi connectivity index (χ0) is 17.8. The number of hydrogen-bond donors (Lipinski definition) is 2. The van der Waals surface area contributed by atoms with E-state index in [1.54, 1.807) is 27.4 Å². The minimum absolute atomic E-state index is 0.0169. The van der Waals surface area contributed by atoms with Crippen LogP contribution in [-0.2, 0) is 4.79 Å². The normalized spacial score (nSPS) is 17.6. The first-order chi connectivity index (χ1) is 12.2. The number of methoxy groups -OCH3 is 3. The van der Waals surface area contributed by atoms with E-state index in [0.717, 1.165) is 19.3 Å². The maximum absolute atomic E-state index is 12.2. The second-order valence-corrected chi connectivity index (χ2v) is 5.75. The van der Waals surface area contributed by atoms with E-state index in [4.69, 9.17) is 14.2 Å². The van der Waals surface area contributed by atoms with Gasteiger partial charge in [-0.15, -0.1) is 0 Å². The van der Waals surface area contributed by atoms with Crippen LogP contribution < -0.4 is 24.8 Å². The molecule has 25 heavy (non-hydrogen) atoms. The number of carbonyl (C=O) groups excluding carboxylic acids is 1. The van der Waals surface area contributed by atoms with Gasteiger partial charge in [0.2, 0.25) is 11.7 Å². The zero-order valence-electron chi connectivity index (χ0n) is 14.6. The molecule has 1 amide bonds. The van der Waals surface area contributed by atoms with Crippen molar-refractivity contribution in [3.63, 3.8) is 0 Å². The van der Waals surface area contributed by atoms with Gasteiger partial charge in [0.15, 0.2) is 11.5 Å². The average Bonchev–Trinajstić information content (AvgIpc) is 2.84. The molecule has 0 bridgehead atoms. The van der Waals surface area contributed by atoms with Crippen molar-refractivity contribution >= 4 is 22.6 Å². The maximum Gasteiger partial charge on any atom is 0.242 e. The van der Waals surface area contributed by atoms with E-state index in [9.17, 15) is 4.79 Å². The van der Waals surface area contributed by atoms with Gasteiger partial charge in [-0.25, -0.2) is 9.97 Å². The molecule has 2 aromatic rings. The van der Waals surface area contributed by atoms with Crippen LogP contribution in [0.15, 0.2) is 12.4 Å². The Morgan fingerprint density at radius 3 is 2.64 bits per heavy atom. The number of hydrogen-bond acceptors (Lipinski definition) is 7. The molecular weight excluding hydrogens is 324 g/mol. The molecule has 134 valence electrons. The van der Waals surface area contributed by atoms with Crippen LogP contribution in [0, 0.1) is 0 Å². The minimum atomic E-state index is -0.334. The highest BCUT2D eigenvalue weighted by Gasteiger charge is 2.24. The Hall–Kier alpha value is -2.77. The number of carbonyl (C=O) groups is 1. The lowest BCUT2D eigenvalue weighted by molar-refractivity contribution is -0.121. The third-order valence-corrected chi connectivity index (χ3v) is 4.28. The lowest BCUT2D eigenvalue weighted by Gasteiger charge is -2.19. The second-order valence-electron chi connectivity index (χ2n) is 5.75. The molecule has 1 aromatic carbocycles. The third-order valence-electron chi connectivity index (χ3n) is 4.28. The molecule has 8 nitrogen and oxygen atoms in total. The van der Waals surface area contributed by atoms with Gasteiger partial charge in [0.05, 0.1) is 26.7 Å². The summed E-state index contributed by atoms with van der Waals surface area (Å²) < 4.78 is 16.3. The largest absolute Gasteiger partial charge is 0.493 e. The molecule has 2 N–H and O–H groups in total. The van der Waals surface area contributed by atoms with Gasteiger partial charge in [-0.1, -0.05) is 0 Å². The smallest absolute Gasteiger partial charge is 0.242 e. The number of nitrogens with one attached hydrogen (secondary N) is 2. The molecule has 2 heterocycles. The zero-order valence-corrected chi connectivity index (χ0v) is 14.6. The Morgan fingerprint density at radius 2 is 1.92 bits per heavy atom. The summed E-state index contributed by atoms with van der Waals surface area (Å²) in [6, 6.07) is 1.45. The first-order valence-electron chi connectivity index (χ1n) is 8.17. The fourth-order valence-electron chi connectivity index (χ4n) is 3.02. The number of amides is 1. The molecule has 1 atom stereocenters. The maximum atomic E-state index is 12.2. The van der Waals surface area contributed by atoms with Crippen molar-refractivity contribution in [1.29, 1.82) is 0 Å². The number of benzene rings is 1. The van der Waals surface area contributed by atoms with Gasteiger partial charge in [-0.05, 0) is 25.3 Å². The molecule has 1 saturated heterocycles. The molecule has 0 radical (unpaired) electrons. The Balaban J connectivity index is 2.08. The van der Waals surface area contributed by atoms with Crippen LogP contribution in [0.1, 0.15) is 19.3 Å². The molecule has 3 rings (SSSR count). The highest BCUT2D eigenvalue weighted by Crippen LogP contribution is 2.43. The SMILES string of the molecule is COc1cc2c(NC3CCCCNC3=O)ncnc2c(OC)c1OC. The highest BCUT2D eigenvalue weighted by atomic mass is 16.5. The summed E-state index contributed by atoms with van der Waals surface area (Å²) in [5.74, 6) is 1.99. The molecule has 1 aromatic heterocycles. The van der Waals surface area contributed by atoms with Crippen molar-refractivity contribution in [2.45, 2.75) is 25.3 Å². The first kappa shape index (κ1) is 17.1. The monoisotopic (exact) mass is 346 g/mol. The van der Waals surface area contributed by atoms with Gasteiger partial charge in [0.25, 0.3) is 0 Å². The number of fused-ring (bicyclic) bond motifs is 1. The number of ether oxygens (including phenoxy) is 3. The second kappa shape index (κ2) is 7.42. The van der Waals surface area contributed by atoms with Crippen LogP contribution in [0.5, 0.6) is 17.2 Å². The summed E-state index contributed by atoms with van der Waals surface area (Å²) in [5.41, 5.74) is 0.590. The van der Waals surface area contributed by atoms with Crippen LogP contribution in [0.25, 0.3) is 10.9 Å². The lowest BCUT2D eigenvalue weighted by Crippen LogP contribution is -2.38. The highest BCUT2D eigenvalue weighted by molar-refractivity contribution is 5.98. The van der Waals surface area contributed by atoms with Gasteiger partial charge in [-0.3, -0.25) is 4.79 Å². The lowest BCUT2D eigenvalue weighted by atomic mass is 10.1. The van der Waals surface area contributed by atoms with E-state index >= 15 is 0 Å². The third kappa shape index (κ3) is 3.24. The van der Waals surface area contributed by atoms with E-state index < -0.39 is 0 Å².